The van der Waals surface area contributed by atoms with Crippen molar-refractivity contribution in [1.82, 2.24) is 14.8 Å². The lowest BCUT2D eigenvalue weighted by atomic mass is 10.0. The third-order valence-electron chi connectivity index (χ3n) is 4.93. The molecule has 1 atom stereocenters. The first-order valence-electron chi connectivity index (χ1n) is 9.64. The summed E-state index contributed by atoms with van der Waals surface area (Å²) in [5, 5.41) is 12.5. The molecule has 0 bridgehead atoms. The third-order valence-corrected chi connectivity index (χ3v) is 6.28. The molecule has 168 valence electrons. The van der Waals surface area contributed by atoms with Gasteiger partial charge in [-0.15, -0.1) is 4.36 Å². The van der Waals surface area contributed by atoms with Crippen LogP contribution in [0.5, 0.6) is 11.8 Å². The molecule has 4 rings (SSSR count). The maximum atomic E-state index is 14.3. The molecule has 0 radical (unpaired) electrons. The number of rotatable bonds is 4. The summed E-state index contributed by atoms with van der Waals surface area (Å²) in [5.41, 5.74) is 1.47. The lowest BCUT2D eigenvalue weighted by Gasteiger charge is -2.16. The van der Waals surface area contributed by atoms with Gasteiger partial charge in [-0.2, -0.15) is 5.10 Å². The Kier molecular flexibility index (Phi) is 5.80. The second-order valence-electron chi connectivity index (χ2n) is 7.01. The number of pyridine rings is 1. The lowest BCUT2D eigenvalue weighted by Crippen LogP contribution is -2.21. The molecule has 1 aliphatic heterocycles. The summed E-state index contributed by atoms with van der Waals surface area (Å²) >= 11 is 0. The molecule has 12 heteroatoms. The van der Waals surface area contributed by atoms with Gasteiger partial charge < -0.3 is 14.8 Å². The summed E-state index contributed by atoms with van der Waals surface area (Å²) in [6.45, 7) is 2.51. The molecule has 1 aromatic carbocycles. The molecule has 3 aromatic rings. The number of nitrogens with zero attached hydrogens (tertiary/aromatic N) is 4. The van der Waals surface area contributed by atoms with Crippen molar-refractivity contribution >= 4 is 21.6 Å². The molecule has 1 aliphatic rings. The first-order chi connectivity index (χ1) is 15.3. The van der Waals surface area contributed by atoms with Gasteiger partial charge in [0.25, 0.3) is 0 Å². The topological polar surface area (TPSA) is 134 Å². The zero-order chi connectivity index (χ0) is 22.9. The normalized spacial score (nSPS) is 14.6. The molecule has 0 fully saturated rings. The number of carbonyl (C=O) groups excluding carboxylic acids is 1. The van der Waals surface area contributed by atoms with Crippen LogP contribution in [-0.4, -0.2) is 38.7 Å². The fraction of sp³-hybridized carbons (Fsp3) is 0.250. The monoisotopic (exact) mass is 460 g/mol. The Morgan fingerprint density at radius 1 is 1.41 bits per heavy atom. The van der Waals surface area contributed by atoms with Gasteiger partial charge in [0.2, 0.25) is 11.8 Å². The van der Waals surface area contributed by atoms with E-state index in [1.807, 2.05) is 0 Å². The Bertz CT molecular complexity index is 1320. The molecule has 10 nitrogen and oxygen atoms in total. The van der Waals surface area contributed by atoms with Crippen molar-refractivity contribution in [1.29, 1.82) is 0 Å². The molecule has 0 spiro atoms. The smallest absolute Gasteiger partial charge is 0.354 e. The van der Waals surface area contributed by atoms with Crippen molar-refractivity contribution < 1.29 is 22.9 Å². The summed E-state index contributed by atoms with van der Waals surface area (Å²) < 4.78 is 43.1. The standard InChI is InChI=1S/C20H21FN6O4S/c1-12-15(21)5-4-14(13-6-7-23-17(10-13)30-2)18(12)25-20(28)26-32(22,29)16-11-24-27-8-3-9-31-19(16)27/h4-7,10-11H,3,8-9H2,1-2H3,(H3,22,25,26,28,29). The maximum Gasteiger partial charge on any atom is 0.354 e. The van der Waals surface area contributed by atoms with Crippen molar-refractivity contribution in [3.05, 3.63) is 48.0 Å². The van der Waals surface area contributed by atoms with Crippen molar-refractivity contribution in [3.63, 3.8) is 0 Å². The number of benzene rings is 1. The number of aryl methyl sites for hydroxylation is 1. The molecular weight excluding hydrogens is 439 g/mol. The van der Waals surface area contributed by atoms with Crippen LogP contribution in [0.15, 0.2) is 45.9 Å². The highest BCUT2D eigenvalue weighted by Gasteiger charge is 2.24. The van der Waals surface area contributed by atoms with Crippen LogP contribution >= 0.6 is 0 Å². The van der Waals surface area contributed by atoms with Gasteiger partial charge in [-0.25, -0.2) is 28.2 Å². The Hall–Kier alpha value is -3.51. The number of methoxy groups -OCH3 is 1. The minimum Gasteiger partial charge on any atom is -0.481 e. The SMILES string of the molecule is COc1cc(-c2ccc(F)c(C)c2NC(=O)N=S(N)(=O)c2cnn3c2OCCC3)ccn1. The maximum absolute atomic E-state index is 14.3. The number of nitrogens with two attached hydrogens (primary N) is 1. The van der Waals surface area contributed by atoms with E-state index in [1.165, 1.54) is 43.2 Å². The highest BCUT2D eigenvalue weighted by molar-refractivity contribution is 7.91. The van der Waals surface area contributed by atoms with Gasteiger partial charge in [0.05, 0.1) is 25.6 Å². The van der Waals surface area contributed by atoms with E-state index >= 15 is 0 Å². The molecule has 0 saturated heterocycles. The second kappa shape index (κ2) is 8.55. The Balaban J connectivity index is 1.71. The summed E-state index contributed by atoms with van der Waals surface area (Å²) in [6, 6.07) is 5.12. The molecule has 2 aromatic heterocycles. The third kappa shape index (κ3) is 4.14. The summed E-state index contributed by atoms with van der Waals surface area (Å²) in [6.07, 6.45) is 3.56. The Morgan fingerprint density at radius 2 is 2.22 bits per heavy atom. The highest BCUT2D eigenvalue weighted by atomic mass is 32.2. The molecule has 3 heterocycles. The molecule has 0 saturated carbocycles. The Labute approximate surface area is 183 Å². The predicted octanol–water partition coefficient (Wildman–Crippen LogP) is 3.12. The second-order valence-corrected chi connectivity index (χ2v) is 8.77. The van der Waals surface area contributed by atoms with Crippen molar-refractivity contribution in [2.75, 3.05) is 19.0 Å². The van der Waals surface area contributed by atoms with E-state index < -0.39 is 21.8 Å². The van der Waals surface area contributed by atoms with Gasteiger partial charge in [-0.3, -0.25) is 0 Å². The number of ether oxygens (including phenoxy) is 2. The summed E-state index contributed by atoms with van der Waals surface area (Å²) in [4.78, 5) is 16.8. The fourth-order valence-corrected chi connectivity index (χ4v) is 4.33. The minimum atomic E-state index is -3.66. The van der Waals surface area contributed by atoms with Crippen LogP contribution in [0.4, 0.5) is 14.9 Å². The van der Waals surface area contributed by atoms with Crippen LogP contribution in [0.3, 0.4) is 0 Å². The van der Waals surface area contributed by atoms with Gasteiger partial charge in [-0.05, 0) is 30.7 Å². The van der Waals surface area contributed by atoms with Crippen LogP contribution in [0.2, 0.25) is 0 Å². The highest BCUT2D eigenvalue weighted by Crippen LogP contribution is 2.34. The van der Waals surface area contributed by atoms with Crippen molar-refractivity contribution in [3.8, 4) is 22.9 Å². The predicted molar refractivity (Wildman–Crippen MR) is 115 cm³/mol. The average molecular weight is 460 g/mol. The zero-order valence-electron chi connectivity index (χ0n) is 17.4. The average Bonchev–Trinajstić information content (AvgIpc) is 3.22. The molecule has 1 unspecified atom stereocenters. The van der Waals surface area contributed by atoms with Gasteiger partial charge in [-0.1, -0.05) is 0 Å². The minimum absolute atomic E-state index is 0.0300. The van der Waals surface area contributed by atoms with Crippen molar-refractivity contribution in [2.45, 2.75) is 24.8 Å². The first-order valence-corrected chi connectivity index (χ1v) is 11.2. The number of anilines is 1. The van der Waals surface area contributed by atoms with E-state index in [4.69, 9.17) is 14.6 Å². The van der Waals surface area contributed by atoms with Gasteiger partial charge in [0, 0.05) is 36.4 Å². The van der Waals surface area contributed by atoms with Crippen LogP contribution in [-0.2, 0) is 16.5 Å². The number of carbonyl (C=O) groups is 1. The van der Waals surface area contributed by atoms with E-state index in [1.54, 1.807) is 12.1 Å². The van der Waals surface area contributed by atoms with E-state index in [0.29, 0.717) is 30.2 Å². The Morgan fingerprint density at radius 3 is 3.00 bits per heavy atom. The number of nitrogens with one attached hydrogen (secondary N) is 1. The molecule has 0 aliphatic carbocycles. The molecule has 32 heavy (non-hydrogen) atoms. The number of aromatic nitrogens is 3. The summed E-state index contributed by atoms with van der Waals surface area (Å²) in [5.74, 6) is 0.0480. The number of urea groups is 1. The molecular formula is C20H21FN6O4S. The van der Waals surface area contributed by atoms with Crippen LogP contribution in [0, 0.1) is 12.7 Å². The molecule has 2 amide bonds. The lowest BCUT2D eigenvalue weighted by molar-refractivity contribution is 0.224. The number of halogens is 1. The van der Waals surface area contributed by atoms with Gasteiger partial charge in [0.15, 0.2) is 9.92 Å². The van der Waals surface area contributed by atoms with Crippen molar-refractivity contribution in [2.24, 2.45) is 9.50 Å². The van der Waals surface area contributed by atoms with E-state index in [0.717, 1.165) is 6.42 Å². The fourth-order valence-electron chi connectivity index (χ4n) is 3.32. The summed E-state index contributed by atoms with van der Waals surface area (Å²) in [7, 11) is -2.19. The van der Waals surface area contributed by atoms with Crippen LogP contribution in [0.25, 0.3) is 11.1 Å². The largest absolute Gasteiger partial charge is 0.481 e. The number of amides is 2. The number of hydrogen-bond acceptors (Lipinski definition) is 6. The van der Waals surface area contributed by atoms with E-state index in [-0.39, 0.29) is 22.0 Å². The van der Waals surface area contributed by atoms with Crippen LogP contribution < -0.4 is 19.9 Å². The number of fused-ring (bicyclic) bond motifs is 1. The van der Waals surface area contributed by atoms with Gasteiger partial charge in [0.1, 0.15) is 10.7 Å². The zero-order valence-corrected chi connectivity index (χ0v) is 18.2. The van der Waals surface area contributed by atoms with Gasteiger partial charge >= 0.3 is 6.03 Å². The number of hydrogen-bond donors (Lipinski definition) is 2. The molecule has 3 N–H and O–H groups in total. The van der Waals surface area contributed by atoms with E-state index in [2.05, 4.69) is 19.8 Å². The van der Waals surface area contributed by atoms with Crippen LogP contribution in [0.1, 0.15) is 12.0 Å². The first kappa shape index (κ1) is 21.7. The quantitative estimate of drug-likeness (QED) is 0.614. The van der Waals surface area contributed by atoms with E-state index in [9.17, 15) is 13.4 Å².